The summed E-state index contributed by atoms with van der Waals surface area (Å²) in [4.78, 5) is 26.4. The molecule has 3 rings (SSSR count). The first-order valence-electron chi connectivity index (χ1n) is 8.94. The topological polar surface area (TPSA) is 79.9 Å². The number of ether oxygens (including phenoxy) is 2. The average molecular weight is 404 g/mol. The SMILES string of the molecule is CCOc1ccc(N2C[C@@H](NC(=O)Nc3cc(Cl)ccc3OC)CC2=O)cc1. The predicted octanol–water partition coefficient (Wildman–Crippen LogP) is 3.67. The van der Waals surface area contributed by atoms with E-state index in [2.05, 4.69) is 10.6 Å². The van der Waals surface area contributed by atoms with Gasteiger partial charge in [0.1, 0.15) is 11.5 Å². The zero-order valence-electron chi connectivity index (χ0n) is 15.7. The molecule has 8 heteroatoms. The summed E-state index contributed by atoms with van der Waals surface area (Å²) in [5.41, 5.74) is 1.23. The van der Waals surface area contributed by atoms with E-state index in [0.717, 1.165) is 11.4 Å². The van der Waals surface area contributed by atoms with Crippen LogP contribution in [0.1, 0.15) is 13.3 Å². The maximum Gasteiger partial charge on any atom is 0.319 e. The van der Waals surface area contributed by atoms with Gasteiger partial charge in [0.15, 0.2) is 0 Å². The Morgan fingerprint density at radius 3 is 2.68 bits per heavy atom. The van der Waals surface area contributed by atoms with Gasteiger partial charge in [-0.25, -0.2) is 4.79 Å². The fourth-order valence-corrected chi connectivity index (χ4v) is 3.24. The second-order valence-corrected chi connectivity index (χ2v) is 6.71. The van der Waals surface area contributed by atoms with E-state index < -0.39 is 6.03 Å². The fraction of sp³-hybridized carbons (Fsp3) is 0.300. The lowest BCUT2D eigenvalue weighted by molar-refractivity contribution is -0.117. The van der Waals surface area contributed by atoms with Crippen molar-refractivity contribution in [3.63, 3.8) is 0 Å². The maximum atomic E-state index is 12.4. The number of halogens is 1. The van der Waals surface area contributed by atoms with E-state index in [1.165, 1.54) is 7.11 Å². The molecule has 0 saturated carbocycles. The largest absolute Gasteiger partial charge is 0.495 e. The number of nitrogens with zero attached hydrogens (tertiary/aromatic N) is 1. The number of urea groups is 1. The van der Waals surface area contributed by atoms with Crippen LogP contribution in [0.3, 0.4) is 0 Å². The Morgan fingerprint density at radius 1 is 1.25 bits per heavy atom. The van der Waals surface area contributed by atoms with Crippen LogP contribution in [0.15, 0.2) is 42.5 Å². The Morgan fingerprint density at radius 2 is 2.00 bits per heavy atom. The van der Waals surface area contributed by atoms with Crippen LogP contribution < -0.4 is 25.0 Å². The number of anilines is 2. The van der Waals surface area contributed by atoms with Crippen LogP contribution in [0.4, 0.5) is 16.2 Å². The van der Waals surface area contributed by atoms with Gasteiger partial charge in [0.2, 0.25) is 5.91 Å². The van der Waals surface area contributed by atoms with Crippen molar-refractivity contribution in [2.45, 2.75) is 19.4 Å². The van der Waals surface area contributed by atoms with Crippen molar-refractivity contribution in [3.05, 3.63) is 47.5 Å². The molecule has 2 aromatic carbocycles. The first-order valence-corrected chi connectivity index (χ1v) is 9.32. The molecule has 1 aliphatic rings. The van der Waals surface area contributed by atoms with E-state index in [1.54, 1.807) is 23.1 Å². The molecular weight excluding hydrogens is 382 g/mol. The number of methoxy groups -OCH3 is 1. The molecule has 2 aromatic rings. The minimum Gasteiger partial charge on any atom is -0.495 e. The Kier molecular flexibility index (Phi) is 6.26. The normalized spacial score (nSPS) is 16.0. The Hall–Kier alpha value is -2.93. The molecule has 1 aliphatic heterocycles. The monoisotopic (exact) mass is 403 g/mol. The smallest absolute Gasteiger partial charge is 0.319 e. The zero-order chi connectivity index (χ0) is 20.1. The van der Waals surface area contributed by atoms with Crippen LogP contribution in [0.25, 0.3) is 0 Å². The van der Waals surface area contributed by atoms with Crippen LogP contribution in [0.2, 0.25) is 5.02 Å². The lowest BCUT2D eigenvalue weighted by Gasteiger charge is -2.18. The maximum absolute atomic E-state index is 12.4. The van der Waals surface area contributed by atoms with E-state index >= 15 is 0 Å². The number of carbonyl (C=O) groups excluding carboxylic acids is 2. The molecule has 7 nitrogen and oxygen atoms in total. The Labute approximate surface area is 168 Å². The Balaban J connectivity index is 1.61. The van der Waals surface area contributed by atoms with Crippen molar-refractivity contribution >= 4 is 34.9 Å². The number of nitrogens with one attached hydrogen (secondary N) is 2. The number of carbonyl (C=O) groups is 2. The number of rotatable bonds is 6. The highest BCUT2D eigenvalue weighted by molar-refractivity contribution is 6.31. The second-order valence-electron chi connectivity index (χ2n) is 6.28. The van der Waals surface area contributed by atoms with E-state index in [1.807, 2.05) is 31.2 Å². The van der Waals surface area contributed by atoms with Gasteiger partial charge in [0.25, 0.3) is 0 Å². The number of amides is 3. The average Bonchev–Trinajstić information content (AvgIpc) is 3.02. The summed E-state index contributed by atoms with van der Waals surface area (Å²) in [6.07, 6.45) is 0.229. The molecular formula is C20H22ClN3O4. The quantitative estimate of drug-likeness (QED) is 0.771. The van der Waals surface area contributed by atoms with Gasteiger partial charge in [-0.1, -0.05) is 11.6 Å². The Bertz CT molecular complexity index is 857. The molecule has 0 spiro atoms. The van der Waals surface area contributed by atoms with Crippen molar-refractivity contribution in [1.82, 2.24) is 5.32 Å². The van der Waals surface area contributed by atoms with Gasteiger partial charge in [-0.3, -0.25) is 4.79 Å². The van der Waals surface area contributed by atoms with Crippen LogP contribution in [0, 0.1) is 0 Å². The van der Waals surface area contributed by atoms with E-state index in [4.69, 9.17) is 21.1 Å². The third kappa shape index (κ3) is 4.67. The molecule has 1 fully saturated rings. The molecule has 0 aromatic heterocycles. The van der Waals surface area contributed by atoms with Crippen molar-refractivity contribution < 1.29 is 19.1 Å². The zero-order valence-corrected chi connectivity index (χ0v) is 16.5. The van der Waals surface area contributed by atoms with Crippen LogP contribution in [-0.2, 0) is 4.79 Å². The van der Waals surface area contributed by atoms with E-state index in [0.29, 0.717) is 29.6 Å². The molecule has 148 valence electrons. The summed E-state index contributed by atoms with van der Waals surface area (Å²) >= 11 is 5.98. The minimum atomic E-state index is -0.424. The highest BCUT2D eigenvalue weighted by atomic mass is 35.5. The molecule has 2 N–H and O–H groups in total. The third-order valence-corrected chi connectivity index (χ3v) is 4.56. The van der Waals surface area contributed by atoms with Crippen molar-refractivity contribution in [3.8, 4) is 11.5 Å². The summed E-state index contributed by atoms with van der Waals surface area (Å²) in [6, 6.07) is 11.5. The molecule has 1 atom stereocenters. The first-order chi connectivity index (χ1) is 13.5. The molecule has 0 unspecified atom stereocenters. The number of hydrogen-bond donors (Lipinski definition) is 2. The first kappa shape index (κ1) is 19.8. The van der Waals surface area contributed by atoms with E-state index in [-0.39, 0.29) is 18.4 Å². The molecule has 1 saturated heterocycles. The van der Waals surface area contributed by atoms with Gasteiger partial charge < -0.3 is 25.0 Å². The number of hydrogen-bond acceptors (Lipinski definition) is 4. The predicted molar refractivity (Wildman–Crippen MR) is 109 cm³/mol. The summed E-state index contributed by atoms with van der Waals surface area (Å²) in [6.45, 7) is 2.89. The highest BCUT2D eigenvalue weighted by Gasteiger charge is 2.31. The van der Waals surface area contributed by atoms with Crippen LogP contribution >= 0.6 is 11.6 Å². The van der Waals surface area contributed by atoms with Gasteiger partial charge in [-0.2, -0.15) is 0 Å². The molecule has 0 bridgehead atoms. The lowest BCUT2D eigenvalue weighted by atomic mass is 10.2. The van der Waals surface area contributed by atoms with E-state index in [9.17, 15) is 9.59 Å². The molecule has 1 heterocycles. The summed E-state index contributed by atoms with van der Waals surface area (Å²) in [5.74, 6) is 1.20. The minimum absolute atomic E-state index is 0.0465. The fourth-order valence-electron chi connectivity index (χ4n) is 3.06. The van der Waals surface area contributed by atoms with Crippen molar-refractivity contribution in [2.75, 3.05) is 30.5 Å². The standard InChI is InChI=1S/C20H22ClN3O4/c1-3-28-16-7-5-15(6-8-16)24-12-14(11-19(24)25)22-20(26)23-17-10-13(21)4-9-18(17)27-2/h4-10,14H,3,11-12H2,1-2H3,(H2,22,23,26)/t14-/m0/s1. The van der Waals surface area contributed by atoms with Crippen LogP contribution in [0.5, 0.6) is 11.5 Å². The number of benzene rings is 2. The van der Waals surface area contributed by atoms with Crippen molar-refractivity contribution in [2.24, 2.45) is 0 Å². The molecule has 0 radical (unpaired) electrons. The molecule has 3 amide bonds. The molecule has 28 heavy (non-hydrogen) atoms. The van der Waals surface area contributed by atoms with Gasteiger partial charge in [-0.05, 0) is 49.4 Å². The second kappa shape index (κ2) is 8.84. The highest BCUT2D eigenvalue weighted by Crippen LogP contribution is 2.28. The summed E-state index contributed by atoms with van der Waals surface area (Å²) in [5, 5.41) is 6.02. The summed E-state index contributed by atoms with van der Waals surface area (Å²) in [7, 11) is 1.51. The van der Waals surface area contributed by atoms with Gasteiger partial charge in [0.05, 0.1) is 25.4 Å². The lowest BCUT2D eigenvalue weighted by Crippen LogP contribution is -2.39. The molecule has 0 aliphatic carbocycles. The van der Waals surface area contributed by atoms with Gasteiger partial charge >= 0.3 is 6.03 Å². The summed E-state index contributed by atoms with van der Waals surface area (Å²) < 4.78 is 10.6. The van der Waals surface area contributed by atoms with Crippen molar-refractivity contribution in [1.29, 1.82) is 0 Å². The van der Waals surface area contributed by atoms with Crippen LogP contribution in [-0.4, -0.2) is 38.2 Å². The van der Waals surface area contributed by atoms with Gasteiger partial charge in [0, 0.05) is 23.7 Å². The van der Waals surface area contributed by atoms with Gasteiger partial charge in [-0.15, -0.1) is 0 Å². The third-order valence-electron chi connectivity index (χ3n) is 4.33.